The van der Waals surface area contributed by atoms with Crippen LogP contribution in [0.1, 0.15) is 56.5 Å². The van der Waals surface area contributed by atoms with Gasteiger partial charge in [0, 0.05) is 25.0 Å². The Morgan fingerprint density at radius 3 is 2.58 bits per heavy atom. The Hall–Kier alpha value is -2.36. The van der Waals surface area contributed by atoms with Crippen molar-refractivity contribution in [3.8, 4) is 0 Å². The largest absolute Gasteiger partial charge is 0.370 e. The standard InChI is InChI=1S/C22H29N3O/c1-16-6-5-11-25(15-16)20-12-17(13-23-14-20)21(26)24-19-9-7-18(8-10-19)22(2,3)4/h7-10,12-14,16H,5-6,11,15H2,1-4H3,(H,24,26). The molecule has 1 aliphatic rings. The highest BCUT2D eigenvalue weighted by Crippen LogP contribution is 2.25. The van der Waals surface area contributed by atoms with Crippen molar-refractivity contribution in [1.82, 2.24) is 4.98 Å². The van der Waals surface area contributed by atoms with E-state index in [0.717, 1.165) is 24.5 Å². The van der Waals surface area contributed by atoms with Crippen LogP contribution in [0.5, 0.6) is 0 Å². The number of aromatic nitrogens is 1. The van der Waals surface area contributed by atoms with E-state index >= 15 is 0 Å². The second-order valence-corrected chi connectivity index (χ2v) is 8.41. The average molecular weight is 351 g/mol. The summed E-state index contributed by atoms with van der Waals surface area (Å²) in [6.07, 6.45) is 5.95. The van der Waals surface area contributed by atoms with E-state index in [4.69, 9.17) is 0 Å². The van der Waals surface area contributed by atoms with Crippen LogP contribution in [-0.2, 0) is 5.41 Å². The Kier molecular flexibility index (Phi) is 5.30. The van der Waals surface area contributed by atoms with Gasteiger partial charge in [-0.3, -0.25) is 9.78 Å². The van der Waals surface area contributed by atoms with E-state index in [2.05, 4.69) is 55.0 Å². The maximum absolute atomic E-state index is 12.6. The summed E-state index contributed by atoms with van der Waals surface area (Å²) < 4.78 is 0. The van der Waals surface area contributed by atoms with Gasteiger partial charge < -0.3 is 10.2 Å². The molecule has 2 aromatic rings. The second kappa shape index (κ2) is 7.48. The number of hydrogen-bond acceptors (Lipinski definition) is 3. The number of nitrogens with zero attached hydrogens (tertiary/aromatic N) is 2. The molecule has 138 valence electrons. The summed E-state index contributed by atoms with van der Waals surface area (Å²) in [5.41, 5.74) is 3.79. The molecule has 0 radical (unpaired) electrons. The number of pyridine rings is 1. The molecule has 1 atom stereocenters. The van der Waals surface area contributed by atoms with Crippen LogP contribution in [0.3, 0.4) is 0 Å². The topological polar surface area (TPSA) is 45.2 Å². The monoisotopic (exact) mass is 351 g/mol. The average Bonchev–Trinajstić information content (AvgIpc) is 2.61. The number of carbonyl (C=O) groups is 1. The first kappa shape index (κ1) is 18.4. The first-order valence-electron chi connectivity index (χ1n) is 9.45. The summed E-state index contributed by atoms with van der Waals surface area (Å²) in [4.78, 5) is 19.2. The summed E-state index contributed by atoms with van der Waals surface area (Å²) >= 11 is 0. The molecule has 4 nitrogen and oxygen atoms in total. The molecule has 0 aliphatic carbocycles. The van der Waals surface area contributed by atoms with Crippen LogP contribution in [0.25, 0.3) is 0 Å². The van der Waals surface area contributed by atoms with Gasteiger partial charge in [-0.25, -0.2) is 0 Å². The Morgan fingerprint density at radius 2 is 1.92 bits per heavy atom. The zero-order valence-electron chi connectivity index (χ0n) is 16.2. The molecule has 1 amide bonds. The number of amides is 1. The lowest BCUT2D eigenvalue weighted by Crippen LogP contribution is -2.34. The fourth-order valence-corrected chi connectivity index (χ4v) is 3.41. The van der Waals surface area contributed by atoms with Crippen molar-refractivity contribution in [3.05, 3.63) is 53.9 Å². The second-order valence-electron chi connectivity index (χ2n) is 8.41. The van der Waals surface area contributed by atoms with E-state index in [1.807, 2.05) is 24.4 Å². The number of benzene rings is 1. The van der Waals surface area contributed by atoms with Gasteiger partial charge in [-0.15, -0.1) is 0 Å². The number of nitrogens with one attached hydrogen (secondary N) is 1. The number of piperidine rings is 1. The Labute approximate surface area is 156 Å². The normalized spacial score (nSPS) is 17.8. The molecule has 4 heteroatoms. The summed E-state index contributed by atoms with van der Waals surface area (Å²) in [7, 11) is 0. The van der Waals surface area contributed by atoms with Crippen LogP contribution >= 0.6 is 0 Å². The van der Waals surface area contributed by atoms with Crippen LogP contribution < -0.4 is 10.2 Å². The Bertz CT molecular complexity index is 762. The van der Waals surface area contributed by atoms with Gasteiger partial charge in [-0.05, 0) is 47.9 Å². The molecule has 1 N–H and O–H groups in total. The zero-order chi connectivity index (χ0) is 18.7. The molecule has 0 spiro atoms. The van der Waals surface area contributed by atoms with E-state index in [1.54, 1.807) is 6.20 Å². The number of hydrogen-bond donors (Lipinski definition) is 1. The molecule has 26 heavy (non-hydrogen) atoms. The highest BCUT2D eigenvalue weighted by molar-refractivity contribution is 6.04. The lowest BCUT2D eigenvalue weighted by Gasteiger charge is -2.32. The third kappa shape index (κ3) is 4.43. The van der Waals surface area contributed by atoms with Crippen molar-refractivity contribution in [2.45, 2.75) is 46.0 Å². The molecule has 0 saturated carbocycles. The lowest BCUT2D eigenvalue weighted by molar-refractivity contribution is 0.102. The van der Waals surface area contributed by atoms with Gasteiger partial charge in [0.25, 0.3) is 5.91 Å². The summed E-state index contributed by atoms with van der Waals surface area (Å²) in [6.45, 7) is 10.9. The molecule has 1 fully saturated rings. The number of anilines is 2. The van der Waals surface area contributed by atoms with Crippen LogP contribution in [0.2, 0.25) is 0 Å². The summed E-state index contributed by atoms with van der Waals surface area (Å²) in [5, 5.41) is 2.98. The summed E-state index contributed by atoms with van der Waals surface area (Å²) in [6, 6.07) is 10.0. The van der Waals surface area contributed by atoms with Gasteiger partial charge in [0.1, 0.15) is 0 Å². The fraction of sp³-hybridized carbons (Fsp3) is 0.455. The first-order valence-corrected chi connectivity index (χ1v) is 9.45. The summed E-state index contributed by atoms with van der Waals surface area (Å²) in [5.74, 6) is 0.565. The van der Waals surface area contributed by atoms with Gasteiger partial charge in [-0.2, -0.15) is 0 Å². The van der Waals surface area contributed by atoms with Crippen molar-refractivity contribution in [3.63, 3.8) is 0 Å². The van der Waals surface area contributed by atoms with E-state index < -0.39 is 0 Å². The molecular weight excluding hydrogens is 322 g/mol. The number of rotatable bonds is 3. The maximum atomic E-state index is 12.6. The molecule has 1 unspecified atom stereocenters. The van der Waals surface area contributed by atoms with Gasteiger partial charge in [0.2, 0.25) is 0 Å². The smallest absolute Gasteiger partial charge is 0.257 e. The highest BCUT2D eigenvalue weighted by Gasteiger charge is 2.18. The molecular formula is C22H29N3O. The first-order chi connectivity index (χ1) is 12.3. The predicted molar refractivity (Wildman–Crippen MR) is 108 cm³/mol. The zero-order valence-corrected chi connectivity index (χ0v) is 16.2. The van der Waals surface area contributed by atoms with E-state index in [-0.39, 0.29) is 11.3 Å². The van der Waals surface area contributed by atoms with Gasteiger partial charge in [0.15, 0.2) is 0 Å². The maximum Gasteiger partial charge on any atom is 0.257 e. The third-order valence-electron chi connectivity index (χ3n) is 5.02. The SMILES string of the molecule is CC1CCCN(c2cncc(C(=O)Nc3ccc(C(C)(C)C)cc3)c2)C1. The molecule has 0 bridgehead atoms. The van der Waals surface area contributed by atoms with Crippen molar-refractivity contribution < 1.29 is 4.79 Å². The van der Waals surface area contributed by atoms with Crippen molar-refractivity contribution in [1.29, 1.82) is 0 Å². The minimum absolute atomic E-state index is 0.104. The quantitative estimate of drug-likeness (QED) is 0.858. The van der Waals surface area contributed by atoms with E-state index in [9.17, 15) is 4.79 Å². The van der Waals surface area contributed by atoms with E-state index in [0.29, 0.717) is 11.5 Å². The van der Waals surface area contributed by atoms with Crippen LogP contribution in [0, 0.1) is 5.92 Å². The van der Waals surface area contributed by atoms with Crippen LogP contribution in [0.15, 0.2) is 42.7 Å². The molecule has 1 aromatic heterocycles. The third-order valence-corrected chi connectivity index (χ3v) is 5.02. The minimum atomic E-state index is -0.118. The Morgan fingerprint density at radius 1 is 1.19 bits per heavy atom. The molecule has 1 aromatic carbocycles. The minimum Gasteiger partial charge on any atom is -0.370 e. The van der Waals surface area contributed by atoms with Crippen molar-refractivity contribution in [2.75, 3.05) is 23.3 Å². The van der Waals surface area contributed by atoms with E-state index in [1.165, 1.54) is 18.4 Å². The molecule has 1 saturated heterocycles. The lowest BCUT2D eigenvalue weighted by atomic mass is 9.87. The van der Waals surface area contributed by atoms with Gasteiger partial charge in [-0.1, -0.05) is 39.8 Å². The Balaban J connectivity index is 1.71. The molecule has 3 rings (SSSR count). The fourth-order valence-electron chi connectivity index (χ4n) is 3.41. The van der Waals surface area contributed by atoms with Gasteiger partial charge in [0.05, 0.1) is 17.4 Å². The van der Waals surface area contributed by atoms with Gasteiger partial charge >= 0.3 is 0 Å². The van der Waals surface area contributed by atoms with Crippen molar-refractivity contribution >= 4 is 17.3 Å². The van der Waals surface area contributed by atoms with Crippen molar-refractivity contribution in [2.24, 2.45) is 5.92 Å². The van der Waals surface area contributed by atoms with Crippen LogP contribution in [-0.4, -0.2) is 24.0 Å². The number of carbonyl (C=O) groups excluding carboxylic acids is 1. The van der Waals surface area contributed by atoms with Crippen LogP contribution in [0.4, 0.5) is 11.4 Å². The molecule has 1 aliphatic heterocycles. The highest BCUT2D eigenvalue weighted by atomic mass is 16.1. The predicted octanol–water partition coefficient (Wildman–Crippen LogP) is 4.87. The molecule has 2 heterocycles.